The number of fused-ring (bicyclic) bond motifs is 2. The van der Waals surface area contributed by atoms with Gasteiger partial charge in [0, 0.05) is 35.5 Å². The normalized spacial score (nSPS) is 11.5. The molecule has 0 atom stereocenters. The number of pyridine rings is 2. The summed E-state index contributed by atoms with van der Waals surface area (Å²) in [4.78, 5) is 17.1. The maximum absolute atomic E-state index is 6.18. The first kappa shape index (κ1) is 16.0. The molecule has 0 spiro atoms. The molecule has 0 bridgehead atoms. The van der Waals surface area contributed by atoms with Crippen LogP contribution in [0.5, 0.6) is 0 Å². The van der Waals surface area contributed by atoms with Crippen molar-refractivity contribution in [3.05, 3.63) is 83.2 Å². The molecule has 0 aliphatic heterocycles. The number of imidazole rings is 2. The number of aromatic amines is 1. The van der Waals surface area contributed by atoms with Crippen LogP contribution in [0.1, 0.15) is 17.1 Å². The summed E-state index contributed by atoms with van der Waals surface area (Å²) in [6.07, 6.45) is 6.13. The lowest BCUT2D eigenvalue weighted by atomic mass is 10.1. The minimum Gasteiger partial charge on any atom is -0.340 e. The third kappa shape index (κ3) is 2.86. The van der Waals surface area contributed by atoms with Crippen molar-refractivity contribution in [1.82, 2.24) is 24.3 Å². The zero-order valence-corrected chi connectivity index (χ0v) is 15.4. The highest BCUT2D eigenvalue weighted by atomic mass is 35.5. The molecule has 1 aromatic carbocycles. The van der Waals surface area contributed by atoms with Gasteiger partial charge in [-0.3, -0.25) is 4.98 Å². The van der Waals surface area contributed by atoms with Crippen LogP contribution >= 0.6 is 11.6 Å². The van der Waals surface area contributed by atoms with Gasteiger partial charge in [0.2, 0.25) is 0 Å². The van der Waals surface area contributed by atoms with Crippen LogP contribution in [0.2, 0.25) is 5.02 Å². The van der Waals surface area contributed by atoms with Crippen LogP contribution in [-0.4, -0.2) is 24.3 Å². The number of nitrogens with zero attached hydrogens (tertiary/aromatic N) is 4. The monoisotopic (exact) mass is 373 g/mol. The quantitative estimate of drug-likeness (QED) is 0.493. The number of H-pyrrole nitrogens is 1. The maximum atomic E-state index is 6.18. The van der Waals surface area contributed by atoms with Gasteiger partial charge < -0.3 is 9.38 Å². The summed E-state index contributed by atoms with van der Waals surface area (Å²) in [5.41, 5.74) is 6.97. The SMILES string of the molecule is Cc1ccc(-c2nc3cc(Cl)ccn3c2Cc2nc3ccncc3[nH]2)cc1. The third-order valence-corrected chi connectivity index (χ3v) is 4.91. The average Bonchev–Trinajstić information content (AvgIpc) is 3.23. The Morgan fingerprint density at radius 1 is 1.07 bits per heavy atom. The molecule has 4 aromatic heterocycles. The number of aromatic nitrogens is 5. The Morgan fingerprint density at radius 3 is 2.74 bits per heavy atom. The van der Waals surface area contributed by atoms with Gasteiger partial charge in [-0.05, 0) is 19.1 Å². The lowest BCUT2D eigenvalue weighted by Gasteiger charge is -2.04. The summed E-state index contributed by atoms with van der Waals surface area (Å²) in [6, 6.07) is 14.1. The third-order valence-electron chi connectivity index (χ3n) is 4.68. The molecule has 1 N–H and O–H groups in total. The van der Waals surface area contributed by atoms with Crippen LogP contribution in [0.15, 0.2) is 61.1 Å². The van der Waals surface area contributed by atoms with Crippen LogP contribution in [-0.2, 0) is 6.42 Å². The molecule has 5 aromatic rings. The van der Waals surface area contributed by atoms with E-state index in [2.05, 4.69) is 45.6 Å². The molecule has 0 saturated carbocycles. The lowest BCUT2D eigenvalue weighted by Crippen LogP contribution is -1.98. The van der Waals surface area contributed by atoms with Gasteiger partial charge in [0.25, 0.3) is 0 Å². The van der Waals surface area contributed by atoms with Gasteiger partial charge in [-0.15, -0.1) is 0 Å². The van der Waals surface area contributed by atoms with E-state index in [1.165, 1.54) is 5.56 Å². The first-order valence-electron chi connectivity index (χ1n) is 8.69. The topological polar surface area (TPSA) is 58.9 Å². The van der Waals surface area contributed by atoms with Crippen LogP contribution in [0.25, 0.3) is 27.9 Å². The number of nitrogens with one attached hydrogen (secondary N) is 1. The van der Waals surface area contributed by atoms with Gasteiger partial charge in [0.05, 0.1) is 28.6 Å². The van der Waals surface area contributed by atoms with Crippen molar-refractivity contribution in [2.75, 3.05) is 0 Å². The number of hydrogen-bond donors (Lipinski definition) is 1. The molecule has 0 saturated heterocycles. The van der Waals surface area contributed by atoms with Gasteiger partial charge in [-0.1, -0.05) is 41.4 Å². The fourth-order valence-corrected chi connectivity index (χ4v) is 3.49. The van der Waals surface area contributed by atoms with Crippen molar-refractivity contribution in [2.24, 2.45) is 0 Å². The smallest absolute Gasteiger partial charge is 0.139 e. The summed E-state index contributed by atoms with van der Waals surface area (Å²) in [7, 11) is 0. The highest BCUT2D eigenvalue weighted by Crippen LogP contribution is 2.28. The molecule has 5 nitrogen and oxygen atoms in total. The maximum Gasteiger partial charge on any atom is 0.139 e. The number of rotatable bonds is 3. The molecule has 0 aliphatic carbocycles. The van der Waals surface area contributed by atoms with Crippen LogP contribution in [0.3, 0.4) is 0 Å². The Labute approximate surface area is 160 Å². The van der Waals surface area contributed by atoms with E-state index in [0.717, 1.165) is 39.5 Å². The molecule has 0 fully saturated rings. The van der Waals surface area contributed by atoms with E-state index >= 15 is 0 Å². The zero-order valence-electron chi connectivity index (χ0n) is 14.6. The molecule has 0 radical (unpaired) electrons. The van der Waals surface area contributed by atoms with Crippen LogP contribution < -0.4 is 0 Å². The first-order chi connectivity index (χ1) is 13.2. The van der Waals surface area contributed by atoms with E-state index in [0.29, 0.717) is 11.4 Å². The Kier molecular flexibility index (Phi) is 3.69. The highest BCUT2D eigenvalue weighted by Gasteiger charge is 2.16. The average molecular weight is 374 g/mol. The van der Waals surface area contributed by atoms with E-state index in [-0.39, 0.29) is 0 Å². The van der Waals surface area contributed by atoms with E-state index in [9.17, 15) is 0 Å². The fourth-order valence-electron chi connectivity index (χ4n) is 3.33. The van der Waals surface area contributed by atoms with Crippen molar-refractivity contribution >= 4 is 28.3 Å². The molecule has 27 heavy (non-hydrogen) atoms. The molecular weight excluding hydrogens is 358 g/mol. The first-order valence-corrected chi connectivity index (χ1v) is 9.07. The molecule has 5 rings (SSSR count). The second-order valence-corrected chi connectivity index (χ2v) is 7.04. The summed E-state index contributed by atoms with van der Waals surface area (Å²) in [5.74, 6) is 0.878. The second kappa shape index (κ2) is 6.21. The largest absolute Gasteiger partial charge is 0.340 e. The highest BCUT2D eigenvalue weighted by molar-refractivity contribution is 6.30. The van der Waals surface area contributed by atoms with E-state index in [1.807, 2.05) is 24.4 Å². The minimum atomic E-state index is 0.626. The molecule has 0 amide bonds. The Balaban J connectivity index is 1.68. The Morgan fingerprint density at radius 2 is 1.93 bits per heavy atom. The number of halogens is 1. The number of benzene rings is 1. The lowest BCUT2D eigenvalue weighted by molar-refractivity contribution is 0.962. The van der Waals surface area contributed by atoms with E-state index in [1.54, 1.807) is 12.4 Å². The van der Waals surface area contributed by atoms with E-state index in [4.69, 9.17) is 21.6 Å². The zero-order chi connectivity index (χ0) is 18.4. The van der Waals surface area contributed by atoms with Gasteiger partial charge in [0.15, 0.2) is 0 Å². The molecule has 4 heterocycles. The van der Waals surface area contributed by atoms with Crippen LogP contribution in [0, 0.1) is 6.92 Å². The predicted octanol–water partition coefficient (Wildman–Crippen LogP) is 4.83. The minimum absolute atomic E-state index is 0.626. The molecular formula is C21H16ClN5. The van der Waals surface area contributed by atoms with Crippen molar-refractivity contribution in [2.45, 2.75) is 13.3 Å². The Hall–Kier alpha value is -3.18. The van der Waals surface area contributed by atoms with Crippen molar-refractivity contribution in [3.8, 4) is 11.3 Å². The summed E-state index contributed by atoms with van der Waals surface area (Å²) in [6.45, 7) is 2.08. The van der Waals surface area contributed by atoms with Gasteiger partial charge in [-0.2, -0.15) is 0 Å². The Bertz CT molecular complexity index is 1230. The van der Waals surface area contributed by atoms with Crippen molar-refractivity contribution in [3.63, 3.8) is 0 Å². The molecule has 6 heteroatoms. The van der Waals surface area contributed by atoms with Gasteiger partial charge >= 0.3 is 0 Å². The number of hydrogen-bond acceptors (Lipinski definition) is 3. The van der Waals surface area contributed by atoms with Crippen molar-refractivity contribution in [1.29, 1.82) is 0 Å². The molecule has 0 unspecified atom stereocenters. The summed E-state index contributed by atoms with van der Waals surface area (Å²) in [5, 5.41) is 0.671. The fraction of sp³-hybridized carbons (Fsp3) is 0.0952. The standard InChI is InChI=1S/C21H16ClN5/c1-13-2-4-14(5-3-13)21-18(27-9-7-15(22)10-20(27)26-21)11-19-24-16-6-8-23-12-17(16)25-19/h2-10,12H,11H2,1H3,(H,24,25). The predicted molar refractivity (Wildman–Crippen MR) is 107 cm³/mol. The molecule has 0 aliphatic rings. The number of aryl methyl sites for hydroxylation is 1. The molecule has 132 valence electrons. The van der Waals surface area contributed by atoms with E-state index < -0.39 is 0 Å². The van der Waals surface area contributed by atoms with Gasteiger partial charge in [0.1, 0.15) is 11.5 Å². The summed E-state index contributed by atoms with van der Waals surface area (Å²) >= 11 is 6.18. The van der Waals surface area contributed by atoms with Crippen molar-refractivity contribution < 1.29 is 0 Å². The second-order valence-electron chi connectivity index (χ2n) is 6.60. The van der Waals surface area contributed by atoms with Gasteiger partial charge in [-0.25, -0.2) is 9.97 Å². The summed E-state index contributed by atoms with van der Waals surface area (Å²) < 4.78 is 2.08. The van der Waals surface area contributed by atoms with Crippen LogP contribution in [0.4, 0.5) is 0 Å².